The van der Waals surface area contributed by atoms with E-state index >= 15 is 0 Å². The van der Waals surface area contributed by atoms with Crippen LogP contribution in [0.3, 0.4) is 0 Å². The van der Waals surface area contributed by atoms with Gasteiger partial charge >= 0.3 is 0 Å². The van der Waals surface area contributed by atoms with E-state index in [1.165, 1.54) is 0 Å². The monoisotopic (exact) mass is 461 g/mol. The van der Waals surface area contributed by atoms with E-state index in [0.29, 0.717) is 27.8 Å². The molecule has 0 saturated carbocycles. The van der Waals surface area contributed by atoms with Crippen molar-refractivity contribution in [1.29, 1.82) is 0 Å². The number of carbonyl (C=O) groups is 1. The minimum absolute atomic E-state index is 0.0485. The third-order valence-electron chi connectivity index (χ3n) is 7.11. The number of benzene rings is 2. The Hall–Kier alpha value is -3.48. The van der Waals surface area contributed by atoms with Crippen molar-refractivity contribution in [1.82, 2.24) is 9.47 Å². The quantitative estimate of drug-likeness (QED) is 0.587. The van der Waals surface area contributed by atoms with Gasteiger partial charge in [-0.05, 0) is 61.9 Å². The second-order valence-electron chi connectivity index (χ2n) is 9.12. The molecule has 3 heterocycles. The van der Waals surface area contributed by atoms with E-state index in [-0.39, 0.29) is 11.5 Å². The number of pyridine rings is 1. The van der Waals surface area contributed by atoms with E-state index in [4.69, 9.17) is 9.47 Å². The van der Waals surface area contributed by atoms with Crippen LogP contribution in [0.1, 0.15) is 41.6 Å². The van der Waals surface area contributed by atoms with E-state index in [9.17, 15) is 9.59 Å². The Morgan fingerprint density at radius 1 is 0.882 bits per heavy atom. The maximum Gasteiger partial charge on any atom is 0.263 e. The third-order valence-corrected chi connectivity index (χ3v) is 7.11. The maximum atomic E-state index is 13.8. The molecule has 5 rings (SSSR count). The largest absolute Gasteiger partial charge is 0.493 e. The van der Waals surface area contributed by atoms with Gasteiger partial charge in [-0.25, -0.2) is 0 Å². The first-order valence-corrected chi connectivity index (χ1v) is 12.0. The Labute approximate surface area is 199 Å². The number of carbonyl (C=O) groups excluding carboxylic acids is 1. The molecule has 0 radical (unpaired) electrons. The zero-order valence-electron chi connectivity index (χ0n) is 20.1. The summed E-state index contributed by atoms with van der Waals surface area (Å²) in [7, 11) is 5.19. The highest BCUT2D eigenvalue weighted by Crippen LogP contribution is 2.35. The molecule has 3 aromatic rings. The van der Waals surface area contributed by atoms with Gasteiger partial charge in [0.15, 0.2) is 11.5 Å². The lowest BCUT2D eigenvalue weighted by Crippen LogP contribution is -2.36. The molecule has 1 amide bonds. The molecule has 1 fully saturated rings. The van der Waals surface area contributed by atoms with Crippen molar-refractivity contribution in [3.63, 3.8) is 0 Å². The number of aromatic nitrogens is 1. The van der Waals surface area contributed by atoms with Crippen LogP contribution in [0.25, 0.3) is 16.5 Å². The van der Waals surface area contributed by atoms with E-state index in [1.54, 1.807) is 37.1 Å². The average molecular weight is 462 g/mol. The van der Waals surface area contributed by atoms with Crippen LogP contribution in [0.2, 0.25) is 0 Å². The average Bonchev–Trinajstić information content (AvgIpc) is 2.88. The summed E-state index contributed by atoms with van der Waals surface area (Å²) >= 11 is 0. The second-order valence-corrected chi connectivity index (χ2v) is 9.12. The highest BCUT2D eigenvalue weighted by molar-refractivity contribution is 6.07. The highest BCUT2D eigenvalue weighted by atomic mass is 16.5. The van der Waals surface area contributed by atoms with Gasteiger partial charge in [0.1, 0.15) is 0 Å². The number of piperidine rings is 1. The summed E-state index contributed by atoms with van der Waals surface area (Å²) < 4.78 is 12.6. The fourth-order valence-corrected chi connectivity index (χ4v) is 5.30. The van der Waals surface area contributed by atoms with Crippen molar-refractivity contribution in [3.8, 4) is 17.2 Å². The molecule has 0 N–H and O–H groups in total. The van der Waals surface area contributed by atoms with Crippen LogP contribution >= 0.6 is 0 Å². The fraction of sp³-hybridized carbons (Fsp3) is 0.407. The number of anilines is 1. The Bertz CT molecular complexity index is 1310. The Morgan fingerprint density at radius 2 is 1.56 bits per heavy atom. The van der Waals surface area contributed by atoms with Gasteiger partial charge in [0.2, 0.25) is 0 Å². The minimum atomic E-state index is -0.173. The van der Waals surface area contributed by atoms with Crippen molar-refractivity contribution in [2.45, 2.75) is 32.1 Å². The van der Waals surface area contributed by atoms with E-state index in [2.05, 4.69) is 18.0 Å². The minimum Gasteiger partial charge on any atom is -0.493 e. The molecule has 1 aromatic heterocycles. The molecule has 178 valence electrons. The first-order chi connectivity index (χ1) is 16.5. The molecule has 2 aliphatic rings. The Kier molecular flexibility index (Phi) is 5.94. The van der Waals surface area contributed by atoms with E-state index in [0.717, 1.165) is 68.7 Å². The lowest BCUT2D eigenvalue weighted by molar-refractivity contribution is 0.0725. The van der Waals surface area contributed by atoms with Crippen LogP contribution in [0, 0.1) is 0 Å². The van der Waals surface area contributed by atoms with Crippen molar-refractivity contribution >= 4 is 22.4 Å². The first-order valence-electron chi connectivity index (χ1n) is 12.0. The van der Waals surface area contributed by atoms with Crippen LogP contribution in [0.5, 0.6) is 11.5 Å². The molecule has 0 unspecified atom stereocenters. The summed E-state index contributed by atoms with van der Waals surface area (Å²) in [6.07, 6.45) is 6.78. The summed E-state index contributed by atoms with van der Waals surface area (Å²) in [6, 6.07) is 9.50. The molecule has 2 aliphatic heterocycles. The Balaban J connectivity index is 1.79. The molecule has 0 atom stereocenters. The molecule has 0 aliphatic carbocycles. The molecular formula is C27H31N3O4. The third kappa shape index (κ3) is 3.69. The number of rotatable bonds is 4. The highest BCUT2D eigenvalue weighted by Gasteiger charge is 2.25. The number of amides is 1. The van der Waals surface area contributed by atoms with Gasteiger partial charge < -0.3 is 19.3 Å². The predicted molar refractivity (Wildman–Crippen MR) is 134 cm³/mol. The van der Waals surface area contributed by atoms with Crippen LogP contribution in [0.4, 0.5) is 5.69 Å². The van der Waals surface area contributed by atoms with Gasteiger partial charge in [-0.2, -0.15) is 0 Å². The number of hydrogen-bond acceptors (Lipinski definition) is 5. The predicted octanol–water partition coefficient (Wildman–Crippen LogP) is 4.02. The van der Waals surface area contributed by atoms with Crippen LogP contribution in [0.15, 0.2) is 41.3 Å². The summed E-state index contributed by atoms with van der Waals surface area (Å²) in [5, 5.41) is 1.04. The van der Waals surface area contributed by atoms with Gasteiger partial charge in [-0.1, -0.05) is 6.07 Å². The van der Waals surface area contributed by atoms with E-state index < -0.39 is 0 Å². The fourth-order valence-electron chi connectivity index (χ4n) is 5.30. The molecule has 0 bridgehead atoms. The molecule has 1 saturated heterocycles. The van der Waals surface area contributed by atoms with Crippen molar-refractivity contribution < 1.29 is 14.3 Å². The Morgan fingerprint density at radius 3 is 2.26 bits per heavy atom. The molecular weight excluding hydrogens is 430 g/mol. The van der Waals surface area contributed by atoms with Crippen molar-refractivity contribution in [3.05, 3.63) is 58.0 Å². The normalized spacial score (nSPS) is 15.9. The zero-order chi connectivity index (χ0) is 23.8. The number of methoxy groups -OCH3 is 2. The van der Waals surface area contributed by atoms with Gasteiger partial charge in [0, 0.05) is 44.0 Å². The maximum absolute atomic E-state index is 13.8. The van der Waals surface area contributed by atoms with Gasteiger partial charge in [-0.3, -0.25) is 14.2 Å². The van der Waals surface area contributed by atoms with Crippen molar-refractivity contribution in [2.75, 3.05) is 45.8 Å². The summed E-state index contributed by atoms with van der Waals surface area (Å²) in [5.41, 5.74) is 3.44. The van der Waals surface area contributed by atoms with Gasteiger partial charge in [0.25, 0.3) is 11.5 Å². The molecule has 2 aromatic carbocycles. The van der Waals surface area contributed by atoms with Crippen LogP contribution in [-0.2, 0) is 6.42 Å². The SMILES string of the molecule is COc1cc2c(C(=O)N3CCCCC3)cn(-c3cccc4c3CCCN4C)c(=O)c2cc1OC. The zero-order valence-corrected chi connectivity index (χ0v) is 20.1. The summed E-state index contributed by atoms with van der Waals surface area (Å²) in [5.74, 6) is 0.919. The topological polar surface area (TPSA) is 64.0 Å². The summed E-state index contributed by atoms with van der Waals surface area (Å²) in [6.45, 7) is 2.45. The number of likely N-dealkylation sites (tertiary alicyclic amines) is 1. The van der Waals surface area contributed by atoms with Crippen molar-refractivity contribution in [2.24, 2.45) is 0 Å². The van der Waals surface area contributed by atoms with Gasteiger partial charge in [0.05, 0.1) is 30.9 Å². The number of nitrogens with zero attached hydrogens (tertiary/aromatic N) is 3. The number of ether oxygens (including phenoxy) is 2. The molecule has 0 spiro atoms. The smallest absolute Gasteiger partial charge is 0.263 e. The molecule has 34 heavy (non-hydrogen) atoms. The van der Waals surface area contributed by atoms with Crippen LogP contribution in [-0.4, -0.2) is 56.3 Å². The number of hydrogen-bond donors (Lipinski definition) is 0. The second kappa shape index (κ2) is 9.05. The van der Waals surface area contributed by atoms with Gasteiger partial charge in [-0.15, -0.1) is 0 Å². The molecule has 7 nitrogen and oxygen atoms in total. The lowest BCUT2D eigenvalue weighted by atomic mass is 9.99. The lowest BCUT2D eigenvalue weighted by Gasteiger charge is -2.30. The first kappa shape index (κ1) is 22.3. The van der Waals surface area contributed by atoms with E-state index in [1.807, 2.05) is 17.0 Å². The molecule has 7 heteroatoms. The van der Waals surface area contributed by atoms with Crippen LogP contribution < -0.4 is 19.9 Å². The summed E-state index contributed by atoms with van der Waals surface area (Å²) in [4.78, 5) is 31.7. The number of fused-ring (bicyclic) bond motifs is 2. The standard InChI is InChI=1S/C27H31N3O4/c1-28-12-8-9-18-22(28)10-7-11-23(18)30-17-21(26(31)29-13-5-4-6-14-29)19-15-24(33-2)25(34-3)16-20(19)27(30)32/h7,10-11,15-17H,4-6,8-9,12-14H2,1-3H3.